The second-order valence-electron chi connectivity index (χ2n) is 9.26. The van der Waals surface area contributed by atoms with Crippen molar-refractivity contribution in [2.75, 3.05) is 37.7 Å². The molecule has 0 radical (unpaired) electrons. The van der Waals surface area contributed by atoms with Crippen LogP contribution in [0.4, 0.5) is 5.69 Å². The van der Waals surface area contributed by atoms with Crippen molar-refractivity contribution in [3.05, 3.63) is 87.8 Å². The molecule has 40 heavy (non-hydrogen) atoms. The molecule has 0 saturated carbocycles. The van der Waals surface area contributed by atoms with Crippen LogP contribution in [0.2, 0.25) is 10.0 Å². The van der Waals surface area contributed by atoms with Crippen molar-refractivity contribution in [3.8, 4) is 0 Å². The van der Waals surface area contributed by atoms with Gasteiger partial charge in [0.1, 0.15) is 0 Å². The summed E-state index contributed by atoms with van der Waals surface area (Å²) in [5.41, 5.74) is 0.650. The number of imide groups is 1. The van der Waals surface area contributed by atoms with Gasteiger partial charge in [0.2, 0.25) is 11.7 Å². The standard InChI is InChI=1S/C28H23Cl2N3O7/c29-18-5-8-20(21(30)14-18)23(34)16-40-28(38)17-3-6-19(7-4-17)33-25(35)15-22(26(33)36)31-9-11-32(12-10-31)27(37)24-2-1-13-39-24/h1-8,13-14,22H,9-12,15-16H2. The second kappa shape index (κ2) is 11.6. The Morgan fingerprint density at radius 2 is 1.68 bits per heavy atom. The molecule has 2 aromatic carbocycles. The molecular weight excluding hydrogens is 561 g/mol. The molecule has 5 rings (SSSR count). The first kappa shape index (κ1) is 27.6. The Morgan fingerprint density at radius 3 is 2.33 bits per heavy atom. The van der Waals surface area contributed by atoms with Gasteiger partial charge in [-0.05, 0) is 54.6 Å². The van der Waals surface area contributed by atoms with Crippen LogP contribution >= 0.6 is 23.2 Å². The summed E-state index contributed by atoms with van der Waals surface area (Å²) in [7, 11) is 0. The number of amides is 3. The Morgan fingerprint density at radius 1 is 0.950 bits per heavy atom. The van der Waals surface area contributed by atoms with Crippen LogP contribution in [0, 0.1) is 0 Å². The van der Waals surface area contributed by atoms with Gasteiger partial charge >= 0.3 is 5.97 Å². The van der Waals surface area contributed by atoms with Crippen molar-refractivity contribution in [1.29, 1.82) is 0 Å². The van der Waals surface area contributed by atoms with Gasteiger partial charge in [0.25, 0.3) is 11.8 Å². The number of halogens is 2. The molecule has 3 aromatic rings. The van der Waals surface area contributed by atoms with Crippen molar-refractivity contribution in [3.63, 3.8) is 0 Å². The molecule has 2 aliphatic heterocycles. The number of carbonyl (C=O) groups is 5. The van der Waals surface area contributed by atoms with Crippen LogP contribution in [-0.4, -0.2) is 78.1 Å². The van der Waals surface area contributed by atoms with E-state index in [1.54, 1.807) is 17.0 Å². The molecule has 1 aromatic heterocycles. The molecule has 206 valence electrons. The van der Waals surface area contributed by atoms with Gasteiger partial charge in [-0.2, -0.15) is 0 Å². The zero-order valence-corrected chi connectivity index (χ0v) is 22.6. The molecule has 1 unspecified atom stereocenters. The number of carbonyl (C=O) groups excluding carboxylic acids is 5. The van der Waals surface area contributed by atoms with E-state index in [1.807, 2.05) is 4.90 Å². The first-order chi connectivity index (χ1) is 19.2. The van der Waals surface area contributed by atoms with Crippen molar-refractivity contribution in [2.45, 2.75) is 12.5 Å². The summed E-state index contributed by atoms with van der Waals surface area (Å²) in [5, 5.41) is 0.528. The van der Waals surface area contributed by atoms with Crippen LogP contribution < -0.4 is 4.90 Å². The van der Waals surface area contributed by atoms with Gasteiger partial charge in [0.05, 0.1) is 35.0 Å². The van der Waals surface area contributed by atoms with E-state index < -0.39 is 24.4 Å². The van der Waals surface area contributed by atoms with Crippen LogP contribution in [0.1, 0.15) is 37.7 Å². The number of ether oxygens (including phenoxy) is 1. The molecule has 0 N–H and O–H groups in total. The average molecular weight is 584 g/mol. The SMILES string of the molecule is O=C(OCC(=O)c1ccc(Cl)cc1Cl)c1ccc(N2C(=O)CC(N3CCN(C(=O)c4ccco4)CC3)C2=O)cc1. The molecule has 2 saturated heterocycles. The predicted octanol–water partition coefficient (Wildman–Crippen LogP) is 3.72. The minimum Gasteiger partial charge on any atom is -0.459 e. The number of Topliss-reactive ketones (excluding diaryl/α,β-unsaturated/α-hetero) is 1. The zero-order valence-electron chi connectivity index (χ0n) is 21.0. The number of nitrogens with zero attached hydrogens (tertiary/aromatic N) is 3. The number of esters is 1. The van der Waals surface area contributed by atoms with E-state index >= 15 is 0 Å². The number of piperazine rings is 1. The minimum absolute atomic E-state index is 0.0180. The molecular formula is C28H23Cl2N3O7. The van der Waals surface area contributed by atoms with E-state index in [4.69, 9.17) is 32.4 Å². The van der Waals surface area contributed by atoms with Crippen molar-refractivity contribution in [2.24, 2.45) is 0 Å². The Balaban J connectivity index is 1.17. The summed E-state index contributed by atoms with van der Waals surface area (Å²) in [5.74, 6) is -1.91. The van der Waals surface area contributed by atoms with E-state index in [-0.39, 0.29) is 46.1 Å². The molecule has 2 fully saturated rings. The molecule has 0 aliphatic carbocycles. The van der Waals surface area contributed by atoms with E-state index in [2.05, 4.69) is 0 Å². The zero-order chi connectivity index (χ0) is 28.4. The van der Waals surface area contributed by atoms with E-state index in [0.717, 1.165) is 4.90 Å². The summed E-state index contributed by atoms with van der Waals surface area (Å²) >= 11 is 11.9. The Hall–Kier alpha value is -3.99. The molecule has 12 heteroatoms. The maximum Gasteiger partial charge on any atom is 0.338 e. The highest BCUT2D eigenvalue weighted by Crippen LogP contribution is 2.27. The van der Waals surface area contributed by atoms with Crippen LogP contribution in [0.15, 0.2) is 65.3 Å². The van der Waals surface area contributed by atoms with Crippen molar-refractivity contribution in [1.82, 2.24) is 9.80 Å². The normalized spacial score (nSPS) is 17.8. The highest BCUT2D eigenvalue weighted by atomic mass is 35.5. The van der Waals surface area contributed by atoms with E-state index in [0.29, 0.717) is 36.9 Å². The molecule has 2 aliphatic rings. The minimum atomic E-state index is -0.746. The Labute approximate surface area is 239 Å². The van der Waals surface area contributed by atoms with Gasteiger partial charge < -0.3 is 14.1 Å². The van der Waals surface area contributed by atoms with Gasteiger partial charge in [0.15, 0.2) is 12.4 Å². The number of benzene rings is 2. The van der Waals surface area contributed by atoms with Crippen LogP contribution in [0.3, 0.4) is 0 Å². The van der Waals surface area contributed by atoms with Crippen LogP contribution in [-0.2, 0) is 14.3 Å². The Kier molecular flexibility index (Phi) is 8.02. The summed E-state index contributed by atoms with van der Waals surface area (Å²) in [6.45, 7) is 1.17. The highest BCUT2D eigenvalue weighted by Gasteiger charge is 2.43. The summed E-state index contributed by atoms with van der Waals surface area (Å²) < 4.78 is 10.3. The summed E-state index contributed by atoms with van der Waals surface area (Å²) in [6.07, 6.45) is 1.46. The fraction of sp³-hybridized carbons (Fsp3) is 0.250. The lowest BCUT2D eigenvalue weighted by Gasteiger charge is -2.36. The van der Waals surface area contributed by atoms with Gasteiger partial charge in [0, 0.05) is 36.8 Å². The second-order valence-corrected chi connectivity index (χ2v) is 10.1. The number of anilines is 1. The average Bonchev–Trinajstić information content (AvgIpc) is 3.59. The van der Waals surface area contributed by atoms with E-state index in [1.165, 1.54) is 48.7 Å². The fourth-order valence-electron chi connectivity index (χ4n) is 4.72. The maximum atomic E-state index is 13.2. The predicted molar refractivity (Wildman–Crippen MR) is 145 cm³/mol. The van der Waals surface area contributed by atoms with Gasteiger partial charge in [-0.1, -0.05) is 23.2 Å². The maximum absolute atomic E-state index is 13.2. The third-order valence-electron chi connectivity index (χ3n) is 6.82. The molecule has 10 nitrogen and oxygen atoms in total. The van der Waals surface area contributed by atoms with Crippen LogP contribution in [0.25, 0.3) is 0 Å². The van der Waals surface area contributed by atoms with Crippen molar-refractivity contribution < 1.29 is 33.1 Å². The number of hydrogen-bond donors (Lipinski definition) is 0. The lowest BCUT2D eigenvalue weighted by molar-refractivity contribution is -0.123. The first-order valence-corrected chi connectivity index (χ1v) is 13.2. The van der Waals surface area contributed by atoms with Gasteiger partial charge in [-0.25, -0.2) is 9.69 Å². The number of furan rings is 1. The lowest BCUT2D eigenvalue weighted by Crippen LogP contribution is -2.53. The summed E-state index contributed by atoms with van der Waals surface area (Å²) in [6, 6.07) is 12.8. The fourth-order valence-corrected chi connectivity index (χ4v) is 5.23. The van der Waals surface area contributed by atoms with E-state index in [9.17, 15) is 24.0 Å². The lowest BCUT2D eigenvalue weighted by atomic mass is 10.1. The van der Waals surface area contributed by atoms with Crippen molar-refractivity contribution >= 4 is 58.4 Å². The number of ketones is 1. The Bertz CT molecular complexity index is 1470. The molecule has 1 atom stereocenters. The number of hydrogen-bond acceptors (Lipinski definition) is 8. The van der Waals surface area contributed by atoms with Gasteiger partial charge in [-0.3, -0.25) is 24.1 Å². The van der Waals surface area contributed by atoms with Crippen LogP contribution in [0.5, 0.6) is 0 Å². The third-order valence-corrected chi connectivity index (χ3v) is 7.37. The molecule has 3 amide bonds. The molecule has 0 bridgehead atoms. The quantitative estimate of drug-likeness (QED) is 0.235. The molecule has 0 spiro atoms. The highest BCUT2D eigenvalue weighted by molar-refractivity contribution is 6.36. The summed E-state index contributed by atoms with van der Waals surface area (Å²) in [4.78, 5) is 68.0. The smallest absolute Gasteiger partial charge is 0.338 e. The largest absolute Gasteiger partial charge is 0.459 e. The number of rotatable bonds is 7. The van der Waals surface area contributed by atoms with Gasteiger partial charge in [-0.15, -0.1) is 0 Å². The third kappa shape index (κ3) is 5.65. The monoisotopic (exact) mass is 583 g/mol. The molecule has 3 heterocycles. The topological polar surface area (TPSA) is 117 Å². The first-order valence-electron chi connectivity index (χ1n) is 12.4.